The van der Waals surface area contributed by atoms with Crippen molar-refractivity contribution in [1.29, 1.82) is 0 Å². The minimum absolute atomic E-state index is 0.0773. The van der Waals surface area contributed by atoms with Gasteiger partial charge in [0.2, 0.25) is 11.9 Å². The van der Waals surface area contributed by atoms with Gasteiger partial charge in [-0.15, -0.1) is 0 Å². The number of aromatic nitrogens is 3. The van der Waals surface area contributed by atoms with E-state index in [0.717, 1.165) is 32.8 Å². The van der Waals surface area contributed by atoms with Crippen molar-refractivity contribution >= 4 is 44.5 Å². The quantitative estimate of drug-likeness (QED) is 0.377. The summed E-state index contributed by atoms with van der Waals surface area (Å²) < 4.78 is 9.05. The van der Waals surface area contributed by atoms with Gasteiger partial charge in [-0.1, -0.05) is 22.9 Å². The monoisotopic (exact) mass is 479 g/mol. The Morgan fingerprint density at radius 3 is 2.65 bits per heavy atom. The third-order valence-electron chi connectivity index (χ3n) is 4.95. The van der Waals surface area contributed by atoms with E-state index in [2.05, 4.69) is 26.2 Å². The average molecular weight is 480 g/mol. The number of amides is 1. The van der Waals surface area contributed by atoms with Gasteiger partial charge >= 0.3 is 0 Å². The summed E-state index contributed by atoms with van der Waals surface area (Å²) in [5.41, 5.74) is 8.81. The molecular formula is C23H22BrN5O2. The molecule has 0 saturated carbocycles. The fourth-order valence-corrected chi connectivity index (χ4v) is 3.58. The van der Waals surface area contributed by atoms with Crippen LogP contribution in [0, 0.1) is 0 Å². The molecule has 0 fully saturated rings. The second-order valence-electron chi connectivity index (χ2n) is 7.37. The number of imidazole rings is 1. The summed E-state index contributed by atoms with van der Waals surface area (Å²) in [5.74, 6) is 1.62. The molecule has 0 bridgehead atoms. The molecule has 3 N–H and O–H groups in total. The zero-order valence-corrected chi connectivity index (χ0v) is 18.8. The van der Waals surface area contributed by atoms with Crippen LogP contribution < -0.4 is 15.8 Å². The number of hydrogen-bond donors (Lipinski definition) is 2. The number of fused-ring (bicyclic) bond motifs is 1. The standard InChI is InChI=1S/C23H22BrN5O2/c1-14(11-22(25)30)19-12-18(9-10-26-19)31-17-7-8-21-20(13-17)28-23(29(21)2)27-16-5-3-15(24)4-6-16/h3-10,12-14H,11H2,1-2H3,(H2,25,30)(H,27,28). The van der Waals surface area contributed by atoms with Gasteiger partial charge in [-0.25, -0.2) is 4.98 Å². The molecule has 0 aliphatic carbocycles. The summed E-state index contributed by atoms with van der Waals surface area (Å²) in [6.45, 7) is 1.91. The molecule has 1 atom stereocenters. The van der Waals surface area contributed by atoms with Gasteiger partial charge in [0.1, 0.15) is 11.5 Å². The van der Waals surface area contributed by atoms with Crippen LogP contribution in [0.25, 0.3) is 11.0 Å². The van der Waals surface area contributed by atoms with Gasteiger partial charge in [0.05, 0.1) is 11.0 Å². The van der Waals surface area contributed by atoms with Crippen molar-refractivity contribution in [3.63, 3.8) is 0 Å². The summed E-state index contributed by atoms with van der Waals surface area (Å²) in [6.07, 6.45) is 1.91. The minimum atomic E-state index is -0.353. The third-order valence-corrected chi connectivity index (χ3v) is 5.48. The highest BCUT2D eigenvalue weighted by Crippen LogP contribution is 2.29. The molecule has 0 aliphatic rings. The Morgan fingerprint density at radius 2 is 1.90 bits per heavy atom. The SMILES string of the molecule is CC(CC(N)=O)c1cc(Oc2ccc3c(c2)nc(Nc2ccc(Br)cc2)n3C)ccn1. The molecule has 1 unspecified atom stereocenters. The number of hydrogen-bond acceptors (Lipinski definition) is 5. The van der Waals surface area contributed by atoms with E-state index in [1.165, 1.54) is 0 Å². The van der Waals surface area contributed by atoms with Crippen LogP contribution in [0.3, 0.4) is 0 Å². The lowest BCUT2D eigenvalue weighted by atomic mass is 10.0. The van der Waals surface area contributed by atoms with E-state index < -0.39 is 0 Å². The summed E-state index contributed by atoms with van der Waals surface area (Å²) in [4.78, 5) is 20.2. The van der Waals surface area contributed by atoms with Gasteiger partial charge in [0.25, 0.3) is 0 Å². The summed E-state index contributed by atoms with van der Waals surface area (Å²) >= 11 is 3.44. The van der Waals surface area contributed by atoms with Gasteiger partial charge < -0.3 is 20.4 Å². The summed E-state index contributed by atoms with van der Waals surface area (Å²) in [7, 11) is 1.96. The molecule has 4 aromatic rings. The predicted octanol–water partition coefficient (Wildman–Crippen LogP) is 5.25. The Balaban J connectivity index is 1.56. The van der Waals surface area contributed by atoms with Crippen LogP contribution in [-0.4, -0.2) is 20.4 Å². The lowest BCUT2D eigenvalue weighted by molar-refractivity contribution is -0.118. The number of carbonyl (C=O) groups excluding carboxylic acids is 1. The number of aryl methyl sites for hydroxylation is 1. The largest absolute Gasteiger partial charge is 0.457 e. The molecule has 31 heavy (non-hydrogen) atoms. The number of ether oxygens (including phenoxy) is 1. The fraction of sp³-hybridized carbons (Fsp3) is 0.174. The topological polar surface area (TPSA) is 95.1 Å². The maximum absolute atomic E-state index is 11.2. The highest BCUT2D eigenvalue weighted by atomic mass is 79.9. The molecule has 0 saturated heterocycles. The van der Waals surface area contributed by atoms with Crippen molar-refractivity contribution in [3.05, 3.63) is 71.0 Å². The number of pyridine rings is 1. The Labute approximate surface area is 188 Å². The van der Waals surface area contributed by atoms with E-state index in [9.17, 15) is 4.79 Å². The number of halogens is 1. The van der Waals surface area contributed by atoms with Crippen molar-refractivity contribution in [2.75, 3.05) is 5.32 Å². The lowest BCUT2D eigenvalue weighted by Crippen LogP contribution is -2.14. The van der Waals surface area contributed by atoms with E-state index in [1.54, 1.807) is 12.3 Å². The number of anilines is 2. The van der Waals surface area contributed by atoms with Crippen molar-refractivity contribution in [2.24, 2.45) is 12.8 Å². The van der Waals surface area contributed by atoms with E-state index in [-0.39, 0.29) is 18.2 Å². The Kier molecular flexibility index (Phi) is 5.90. The van der Waals surface area contributed by atoms with Crippen LogP contribution in [0.15, 0.2) is 65.3 Å². The van der Waals surface area contributed by atoms with Crippen molar-refractivity contribution in [2.45, 2.75) is 19.3 Å². The second-order valence-corrected chi connectivity index (χ2v) is 8.28. The number of nitrogens with zero attached hydrogens (tertiary/aromatic N) is 3. The van der Waals surface area contributed by atoms with Gasteiger partial charge in [-0.2, -0.15) is 0 Å². The van der Waals surface area contributed by atoms with Crippen molar-refractivity contribution < 1.29 is 9.53 Å². The molecule has 0 spiro atoms. The zero-order valence-electron chi connectivity index (χ0n) is 17.2. The first-order chi connectivity index (χ1) is 14.9. The normalized spacial score (nSPS) is 12.0. The molecule has 2 aromatic heterocycles. The number of primary amides is 1. The number of rotatable bonds is 7. The maximum atomic E-state index is 11.2. The first-order valence-electron chi connectivity index (χ1n) is 9.80. The third kappa shape index (κ3) is 4.86. The Bertz CT molecular complexity index is 1240. The number of carbonyl (C=O) groups is 1. The van der Waals surface area contributed by atoms with Crippen molar-refractivity contribution in [1.82, 2.24) is 14.5 Å². The molecule has 2 aromatic carbocycles. The van der Waals surface area contributed by atoms with Gasteiger partial charge in [-0.05, 0) is 42.5 Å². The molecule has 4 rings (SSSR count). The minimum Gasteiger partial charge on any atom is -0.457 e. The van der Waals surface area contributed by atoms with Crippen LogP contribution in [0.2, 0.25) is 0 Å². The highest BCUT2D eigenvalue weighted by Gasteiger charge is 2.13. The number of nitrogens with one attached hydrogen (secondary N) is 1. The zero-order chi connectivity index (χ0) is 22.0. The highest BCUT2D eigenvalue weighted by molar-refractivity contribution is 9.10. The molecular weight excluding hydrogens is 458 g/mol. The summed E-state index contributed by atoms with van der Waals surface area (Å²) in [5, 5.41) is 3.34. The molecule has 0 aliphatic heterocycles. The first kappa shape index (κ1) is 20.9. The van der Waals surface area contributed by atoms with E-state index in [4.69, 9.17) is 15.5 Å². The molecule has 158 valence electrons. The maximum Gasteiger partial charge on any atom is 0.218 e. The first-order valence-corrected chi connectivity index (χ1v) is 10.6. The van der Waals surface area contributed by atoms with Crippen LogP contribution >= 0.6 is 15.9 Å². The lowest BCUT2D eigenvalue weighted by Gasteiger charge is -2.11. The predicted molar refractivity (Wildman–Crippen MR) is 125 cm³/mol. The average Bonchev–Trinajstić information content (AvgIpc) is 3.04. The number of benzene rings is 2. The van der Waals surface area contributed by atoms with E-state index >= 15 is 0 Å². The van der Waals surface area contributed by atoms with Crippen LogP contribution in [-0.2, 0) is 11.8 Å². The molecule has 0 radical (unpaired) electrons. The van der Waals surface area contributed by atoms with E-state index in [0.29, 0.717) is 11.5 Å². The van der Waals surface area contributed by atoms with Gasteiger partial charge in [0, 0.05) is 53.6 Å². The van der Waals surface area contributed by atoms with Crippen LogP contribution in [0.5, 0.6) is 11.5 Å². The van der Waals surface area contributed by atoms with Crippen LogP contribution in [0.4, 0.5) is 11.6 Å². The Morgan fingerprint density at radius 1 is 1.16 bits per heavy atom. The van der Waals surface area contributed by atoms with Gasteiger partial charge in [0.15, 0.2) is 0 Å². The number of nitrogens with two attached hydrogens (primary N) is 1. The van der Waals surface area contributed by atoms with Crippen molar-refractivity contribution in [3.8, 4) is 11.5 Å². The Hall–Kier alpha value is -3.39. The molecule has 7 nitrogen and oxygen atoms in total. The van der Waals surface area contributed by atoms with Gasteiger partial charge in [-0.3, -0.25) is 9.78 Å². The molecule has 8 heteroatoms. The smallest absolute Gasteiger partial charge is 0.218 e. The summed E-state index contributed by atoms with van der Waals surface area (Å²) in [6, 6.07) is 17.3. The molecule has 2 heterocycles. The molecule has 1 amide bonds. The van der Waals surface area contributed by atoms with E-state index in [1.807, 2.05) is 67.1 Å². The second kappa shape index (κ2) is 8.77. The fourth-order valence-electron chi connectivity index (χ4n) is 3.32. The van der Waals surface area contributed by atoms with Crippen LogP contribution in [0.1, 0.15) is 25.0 Å².